The third-order valence-electron chi connectivity index (χ3n) is 1.84. The molecule has 0 saturated heterocycles. The van der Waals surface area contributed by atoms with Crippen molar-refractivity contribution in [2.45, 2.75) is 20.3 Å². The van der Waals surface area contributed by atoms with Crippen molar-refractivity contribution in [1.29, 1.82) is 0 Å². The Labute approximate surface area is 99.6 Å². The molecule has 1 heterocycles. The van der Waals surface area contributed by atoms with Gasteiger partial charge in [-0.2, -0.15) is 0 Å². The standard InChI is InChI=1S/C10H15ClN4O/c1-3-12-10(16)4-5-13-9-6-8(11)14-7(2)15-9/h6H,3-5H2,1-2H3,(H,12,16)(H,13,14,15). The van der Waals surface area contributed by atoms with Gasteiger partial charge in [0.15, 0.2) is 0 Å². The Kier molecular flexibility index (Phi) is 4.98. The molecule has 1 aromatic heterocycles. The van der Waals surface area contributed by atoms with E-state index in [0.717, 1.165) is 0 Å². The fourth-order valence-corrected chi connectivity index (χ4v) is 1.44. The summed E-state index contributed by atoms with van der Waals surface area (Å²) in [6.07, 6.45) is 0.411. The van der Waals surface area contributed by atoms with Crippen molar-refractivity contribution < 1.29 is 4.79 Å². The van der Waals surface area contributed by atoms with Crippen LogP contribution in [-0.2, 0) is 4.79 Å². The normalized spacial score (nSPS) is 9.94. The summed E-state index contributed by atoms with van der Waals surface area (Å²) in [5.41, 5.74) is 0. The second-order valence-electron chi connectivity index (χ2n) is 3.25. The summed E-state index contributed by atoms with van der Waals surface area (Å²) in [6, 6.07) is 1.63. The molecule has 0 aromatic carbocycles. The van der Waals surface area contributed by atoms with E-state index in [1.54, 1.807) is 13.0 Å². The van der Waals surface area contributed by atoms with Crippen molar-refractivity contribution in [3.63, 3.8) is 0 Å². The summed E-state index contributed by atoms with van der Waals surface area (Å²) in [5.74, 6) is 1.27. The van der Waals surface area contributed by atoms with Crippen molar-refractivity contribution >= 4 is 23.3 Å². The molecule has 1 amide bonds. The van der Waals surface area contributed by atoms with Crippen molar-refractivity contribution in [1.82, 2.24) is 15.3 Å². The smallest absolute Gasteiger partial charge is 0.221 e. The summed E-state index contributed by atoms with van der Waals surface area (Å²) in [7, 11) is 0. The van der Waals surface area contributed by atoms with E-state index in [-0.39, 0.29) is 5.91 Å². The maximum absolute atomic E-state index is 11.2. The van der Waals surface area contributed by atoms with Crippen LogP contribution in [0.4, 0.5) is 5.82 Å². The van der Waals surface area contributed by atoms with Crippen LogP contribution in [0.25, 0.3) is 0 Å². The molecule has 1 aromatic rings. The summed E-state index contributed by atoms with van der Waals surface area (Å²) in [5, 5.41) is 6.13. The average Bonchev–Trinajstić information content (AvgIpc) is 2.16. The predicted molar refractivity (Wildman–Crippen MR) is 63.6 cm³/mol. The van der Waals surface area contributed by atoms with Crippen molar-refractivity contribution in [2.24, 2.45) is 0 Å². The van der Waals surface area contributed by atoms with Crippen LogP contribution in [-0.4, -0.2) is 29.0 Å². The van der Waals surface area contributed by atoms with E-state index in [2.05, 4.69) is 20.6 Å². The molecule has 16 heavy (non-hydrogen) atoms. The van der Waals surface area contributed by atoms with Crippen LogP contribution >= 0.6 is 11.6 Å². The van der Waals surface area contributed by atoms with Gasteiger partial charge in [0, 0.05) is 25.6 Å². The summed E-state index contributed by atoms with van der Waals surface area (Å²) in [4.78, 5) is 19.2. The van der Waals surface area contributed by atoms with Crippen LogP contribution in [0.3, 0.4) is 0 Å². The summed E-state index contributed by atoms with van der Waals surface area (Å²) < 4.78 is 0. The Morgan fingerprint density at radius 2 is 2.25 bits per heavy atom. The lowest BCUT2D eigenvalue weighted by molar-refractivity contribution is -0.120. The lowest BCUT2D eigenvalue weighted by Crippen LogP contribution is -2.24. The van der Waals surface area contributed by atoms with Crippen molar-refractivity contribution in [2.75, 3.05) is 18.4 Å². The Balaban J connectivity index is 2.40. The van der Waals surface area contributed by atoms with Gasteiger partial charge in [-0.1, -0.05) is 11.6 Å². The predicted octanol–water partition coefficient (Wildman–Crippen LogP) is 1.38. The van der Waals surface area contributed by atoms with E-state index in [1.165, 1.54) is 0 Å². The molecular weight excluding hydrogens is 228 g/mol. The fraction of sp³-hybridized carbons (Fsp3) is 0.500. The van der Waals surface area contributed by atoms with E-state index in [1.807, 2.05) is 6.92 Å². The second kappa shape index (κ2) is 6.27. The first kappa shape index (κ1) is 12.7. The number of hydrogen-bond acceptors (Lipinski definition) is 4. The van der Waals surface area contributed by atoms with E-state index < -0.39 is 0 Å². The van der Waals surface area contributed by atoms with E-state index in [0.29, 0.717) is 36.3 Å². The highest BCUT2D eigenvalue weighted by Crippen LogP contribution is 2.10. The maximum Gasteiger partial charge on any atom is 0.221 e. The molecule has 0 bridgehead atoms. The third kappa shape index (κ3) is 4.44. The van der Waals surface area contributed by atoms with Gasteiger partial charge in [-0.05, 0) is 13.8 Å². The van der Waals surface area contributed by atoms with Gasteiger partial charge >= 0.3 is 0 Å². The van der Waals surface area contributed by atoms with Crippen LogP contribution in [0.15, 0.2) is 6.07 Å². The number of nitrogens with one attached hydrogen (secondary N) is 2. The highest BCUT2D eigenvalue weighted by atomic mass is 35.5. The first-order chi connectivity index (χ1) is 7.61. The molecule has 0 unspecified atom stereocenters. The molecule has 88 valence electrons. The lowest BCUT2D eigenvalue weighted by atomic mass is 10.4. The number of aromatic nitrogens is 2. The number of anilines is 1. The molecule has 1 rings (SSSR count). The minimum Gasteiger partial charge on any atom is -0.369 e. The van der Waals surface area contributed by atoms with Gasteiger partial charge < -0.3 is 10.6 Å². The van der Waals surface area contributed by atoms with E-state index in [9.17, 15) is 4.79 Å². The molecule has 0 aliphatic rings. The number of carbonyl (C=O) groups is 1. The zero-order valence-corrected chi connectivity index (χ0v) is 10.1. The molecule has 5 nitrogen and oxygen atoms in total. The van der Waals surface area contributed by atoms with Crippen LogP contribution in [0, 0.1) is 6.92 Å². The first-order valence-electron chi connectivity index (χ1n) is 5.13. The van der Waals surface area contributed by atoms with Gasteiger partial charge in [0.2, 0.25) is 5.91 Å². The first-order valence-corrected chi connectivity index (χ1v) is 5.51. The van der Waals surface area contributed by atoms with Crippen LogP contribution in [0.5, 0.6) is 0 Å². The molecule has 0 atom stereocenters. The van der Waals surface area contributed by atoms with Gasteiger partial charge in [-0.15, -0.1) is 0 Å². The van der Waals surface area contributed by atoms with Gasteiger partial charge in [0.25, 0.3) is 0 Å². The summed E-state index contributed by atoms with van der Waals surface area (Å²) >= 11 is 5.77. The highest BCUT2D eigenvalue weighted by Gasteiger charge is 2.01. The van der Waals surface area contributed by atoms with E-state index >= 15 is 0 Å². The van der Waals surface area contributed by atoms with Crippen LogP contribution in [0.2, 0.25) is 5.15 Å². The fourth-order valence-electron chi connectivity index (χ4n) is 1.21. The van der Waals surface area contributed by atoms with Gasteiger partial charge in [0.05, 0.1) is 0 Å². The topological polar surface area (TPSA) is 66.9 Å². The van der Waals surface area contributed by atoms with Gasteiger partial charge in [-0.25, -0.2) is 9.97 Å². The SMILES string of the molecule is CCNC(=O)CCNc1cc(Cl)nc(C)n1. The number of carbonyl (C=O) groups excluding carboxylic acids is 1. The molecule has 6 heteroatoms. The summed E-state index contributed by atoms with van der Waals surface area (Å²) in [6.45, 7) is 4.83. The maximum atomic E-state index is 11.2. The van der Waals surface area contributed by atoms with Crippen molar-refractivity contribution in [3.05, 3.63) is 17.0 Å². The zero-order chi connectivity index (χ0) is 12.0. The van der Waals surface area contributed by atoms with E-state index in [4.69, 9.17) is 11.6 Å². The van der Waals surface area contributed by atoms with Crippen molar-refractivity contribution in [3.8, 4) is 0 Å². The Morgan fingerprint density at radius 3 is 2.88 bits per heavy atom. The quantitative estimate of drug-likeness (QED) is 0.766. The van der Waals surface area contributed by atoms with Gasteiger partial charge in [0.1, 0.15) is 16.8 Å². The molecule has 0 saturated carbocycles. The lowest BCUT2D eigenvalue weighted by Gasteiger charge is -2.06. The zero-order valence-electron chi connectivity index (χ0n) is 9.38. The average molecular weight is 243 g/mol. The van der Waals surface area contributed by atoms with Crippen LogP contribution < -0.4 is 10.6 Å². The second-order valence-corrected chi connectivity index (χ2v) is 3.64. The number of rotatable bonds is 5. The number of hydrogen-bond donors (Lipinski definition) is 2. The van der Waals surface area contributed by atoms with Crippen LogP contribution in [0.1, 0.15) is 19.2 Å². The number of halogens is 1. The minimum absolute atomic E-state index is 0.0203. The molecule has 0 aliphatic heterocycles. The number of nitrogens with zero attached hydrogens (tertiary/aromatic N) is 2. The molecule has 2 N–H and O–H groups in total. The number of amides is 1. The number of aryl methyl sites for hydroxylation is 1. The largest absolute Gasteiger partial charge is 0.369 e. The Morgan fingerprint density at radius 1 is 1.50 bits per heavy atom. The van der Waals surface area contributed by atoms with Gasteiger partial charge in [-0.3, -0.25) is 4.79 Å². The minimum atomic E-state index is 0.0203. The molecule has 0 spiro atoms. The monoisotopic (exact) mass is 242 g/mol. The Hall–Kier alpha value is -1.36. The molecular formula is C10H15ClN4O. The molecule has 0 radical (unpaired) electrons. The third-order valence-corrected chi connectivity index (χ3v) is 2.03. The highest BCUT2D eigenvalue weighted by molar-refractivity contribution is 6.29. The Bertz CT molecular complexity index is 350. The molecule has 0 aliphatic carbocycles. The molecule has 0 fully saturated rings.